The molecule has 0 spiro atoms. The molecule has 2 heterocycles. The predicted molar refractivity (Wildman–Crippen MR) is 86.3 cm³/mol. The van der Waals surface area contributed by atoms with Crippen LogP contribution in [0.2, 0.25) is 0 Å². The van der Waals surface area contributed by atoms with E-state index in [0.717, 1.165) is 9.75 Å². The standard InChI is InChI=1S/C12H12N6S2/c13-9-7(5-1-17-3-19-5)10(14)12(16)8(11(9)15)6-2-18-4-20-6/h1-4H,13-16H2. The van der Waals surface area contributed by atoms with E-state index in [9.17, 15) is 0 Å². The number of hydrogen-bond acceptors (Lipinski definition) is 8. The Morgan fingerprint density at radius 1 is 0.650 bits per heavy atom. The molecule has 8 heteroatoms. The van der Waals surface area contributed by atoms with Crippen LogP contribution < -0.4 is 22.9 Å². The van der Waals surface area contributed by atoms with Gasteiger partial charge in [0.2, 0.25) is 0 Å². The van der Waals surface area contributed by atoms with Crippen molar-refractivity contribution in [2.75, 3.05) is 22.9 Å². The van der Waals surface area contributed by atoms with Crippen molar-refractivity contribution in [3.05, 3.63) is 23.4 Å². The summed E-state index contributed by atoms with van der Waals surface area (Å²) in [7, 11) is 0. The second-order valence-corrected chi connectivity index (χ2v) is 5.91. The molecule has 8 N–H and O–H groups in total. The topological polar surface area (TPSA) is 130 Å². The molecule has 0 amide bonds. The van der Waals surface area contributed by atoms with Crippen molar-refractivity contribution in [3.63, 3.8) is 0 Å². The zero-order valence-electron chi connectivity index (χ0n) is 10.3. The maximum atomic E-state index is 6.15. The number of rotatable bonds is 2. The van der Waals surface area contributed by atoms with E-state index in [-0.39, 0.29) is 0 Å². The zero-order chi connectivity index (χ0) is 14.3. The fourth-order valence-corrected chi connectivity index (χ4v) is 3.43. The van der Waals surface area contributed by atoms with E-state index in [1.54, 1.807) is 23.4 Å². The van der Waals surface area contributed by atoms with Crippen LogP contribution >= 0.6 is 22.7 Å². The number of thiazole rings is 2. The van der Waals surface area contributed by atoms with E-state index in [2.05, 4.69) is 9.97 Å². The van der Waals surface area contributed by atoms with Crippen molar-refractivity contribution in [1.82, 2.24) is 9.97 Å². The molecule has 0 aliphatic heterocycles. The highest BCUT2D eigenvalue weighted by Crippen LogP contribution is 2.48. The maximum Gasteiger partial charge on any atom is 0.0798 e. The van der Waals surface area contributed by atoms with Crippen LogP contribution in [0.1, 0.15) is 0 Å². The predicted octanol–water partition coefficient (Wildman–Crippen LogP) is 2.26. The fourth-order valence-electron chi connectivity index (χ4n) is 2.04. The summed E-state index contributed by atoms with van der Waals surface area (Å²) in [6.07, 6.45) is 3.38. The molecule has 0 saturated heterocycles. The minimum absolute atomic E-state index is 0.421. The number of aromatic nitrogens is 2. The molecule has 0 aliphatic carbocycles. The van der Waals surface area contributed by atoms with E-state index < -0.39 is 0 Å². The third kappa shape index (κ3) is 1.77. The van der Waals surface area contributed by atoms with Gasteiger partial charge in [-0.3, -0.25) is 9.97 Å². The van der Waals surface area contributed by atoms with Gasteiger partial charge < -0.3 is 22.9 Å². The molecule has 2 aromatic heterocycles. The summed E-state index contributed by atoms with van der Waals surface area (Å²) in [6.45, 7) is 0. The molecule has 6 nitrogen and oxygen atoms in total. The van der Waals surface area contributed by atoms with E-state index in [0.29, 0.717) is 33.9 Å². The summed E-state index contributed by atoms with van der Waals surface area (Å²) >= 11 is 2.87. The van der Waals surface area contributed by atoms with Gasteiger partial charge in [0, 0.05) is 23.5 Å². The minimum atomic E-state index is 0.421. The molecule has 0 bridgehead atoms. The van der Waals surface area contributed by atoms with Gasteiger partial charge in [-0.25, -0.2) is 0 Å². The van der Waals surface area contributed by atoms with Crippen LogP contribution in [0, 0.1) is 0 Å². The quantitative estimate of drug-likeness (QED) is 0.537. The van der Waals surface area contributed by atoms with E-state index in [1.807, 2.05) is 0 Å². The van der Waals surface area contributed by atoms with Gasteiger partial charge in [0.1, 0.15) is 0 Å². The van der Waals surface area contributed by atoms with Crippen LogP contribution in [0.15, 0.2) is 23.4 Å². The average Bonchev–Trinajstić information content (AvgIpc) is 3.10. The Labute approximate surface area is 123 Å². The number of nitrogens with zero attached hydrogens (tertiary/aromatic N) is 2. The lowest BCUT2D eigenvalue weighted by Crippen LogP contribution is -2.07. The van der Waals surface area contributed by atoms with Gasteiger partial charge in [0.15, 0.2) is 0 Å². The molecule has 0 unspecified atom stereocenters. The van der Waals surface area contributed by atoms with Gasteiger partial charge in [0.05, 0.1) is 43.5 Å². The Balaban J connectivity index is 2.33. The SMILES string of the molecule is Nc1c(N)c(-c2cncs2)c(N)c(N)c1-c1cncs1. The molecule has 0 fully saturated rings. The molecular formula is C12H12N6S2. The zero-order valence-corrected chi connectivity index (χ0v) is 12.0. The van der Waals surface area contributed by atoms with Crippen molar-refractivity contribution in [2.45, 2.75) is 0 Å². The van der Waals surface area contributed by atoms with Crippen molar-refractivity contribution in [2.24, 2.45) is 0 Å². The first kappa shape index (κ1) is 12.7. The molecule has 0 saturated carbocycles. The van der Waals surface area contributed by atoms with Crippen LogP contribution in [0.4, 0.5) is 22.7 Å². The Kier molecular flexibility index (Phi) is 2.96. The number of nitrogens with two attached hydrogens (primary N) is 4. The molecule has 3 aromatic rings. The highest BCUT2D eigenvalue weighted by atomic mass is 32.1. The maximum absolute atomic E-state index is 6.15. The molecule has 0 atom stereocenters. The fraction of sp³-hybridized carbons (Fsp3) is 0. The highest BCUT2D eigenvalue weighted by Gasteiger charge is 2.21. The van der Waals surface area contributed by atoms with Gasteiger partial charge in [-0.05, 0) is 0 Å². The average molecular weight is 304 g/mol. The third-order valence-electron chi connectivity index (χ3n) is 3.02. The summed E-state index contributed by atoms with van der Waals surface area (Å²) in [5.41, 5.74) is 31.0. The highest BCUT2D eigenvalue weighted by molar-refractivity contribution is 7.13. The van der Waals surface area contributed by atoms with Crippen LogP contribution in [0.5, 0.6) is 0 Å². The van der Waals surface area contributed by atoms with E-state index >= 15 is 0 Å². The Morgan fingerprint density at radius 2 is 1.00 bits per heavy atom. The lowest BCUT2D eigenvalue weighted by atomic mass is 10.00. The number of anilines is 4. The summed E-state index contributed by atoms with van der Waals surface area (Å²) in [4.78, 5) is 9.74. The molecular weight excluding hydrogens is 292 g/mol. The summed E-state index contributed by atoms with van der Waals surface area (Å²) < 4.78 is 0. The minimum Gasteiger partial charge on any atom is -0.396 e. The van der Waals surface area contributed by atoms with Crippen LogP contribution in [-0.4, -0.2) is 9.97 Å². The number of nitrogen functional groups attached to an aromatic ring is 4. The summed E-state index contributed by atoms with van der Waals surface area (Å²) in [6, 6.07) is 0. The molecule has 0 aliphatic rings. The molecule has 1 aromatic carbocycles. The van der Waals surface area contributed by atoms with Crippen molar-refractivity contribution >= 4 is 45.4 Å². The Morgan fingerprint density at radius 3 is 1.25 bits per heavy atom. The van der Waals surface area contributed by atoms with E-state index in [4.69, 9.17) is 22.9 Å². The summed E-state index contributed by atoms with van der Waals surface area (Å²) in [5.74, 6) is 0. The second kappa shape index (κ2) is 4.66. The third-order valence-corrected chi connectivity index (χ3v) is 4.60. The normalized spacial score (nSPS) is 10.8. The number of hydrogen-bond donors (Lipinski definition) is 4. The van der Waals surface area contributed by atoms with Crippen molar-refractivity contribution < 1.29 is 0 Å². The summed E-state index contributed by atoms with van der Waals surface area (Å²) in [5, 5.41) is 0. The first-order valence-corrected chi connectivity index (χ1v) is 7.40. The van der Waals surface area contributed by atoms with Crippen molar-refractivity contribution in [3.8, 4) is 20.9 Å². The van der Waals surface area contributed by atoms with E-state index in [1.165, 1.54) is 22.7 Å². The molecule has 20 heavy (non-hydrogen) atoms. The van der Waals surface area contributed by atoms with Crippen molar-refractivity contribution in [1.29, 1.82) is 0 Å². The van der Waals surface area contributed by atoms with Crippen LogP contribution in [0.25, 0.3) is 20.9 Å². The van der Waals surface area contributed by atoms with Gasteiger partial charge in [0.25, 0.3) is 0 Å². The molecule has 0 radical (unpaired) electrons. The first-order valence-electron chi connectivity index (χ1n) is 5.64. The monoisotopic (exact) mass is 304 g/mol. The van der Waals surface area contributed by atoms with Gasteiger partial charge in [-0.1, -0.05) is 0 Å². The Hall–Kier alpha value is -2.32. The molecule has 3 rings (SSSR count). The lowest BCUT2D eigenvalue weighted by Gasteiger charge is -2.17. The molecule has 102 valence electrons. The second-order valence-electron chi connectivity index (χ2n) is 4.14. The van der Waals surface area contributed by atoms with Gasteiger partial charge in [-0.2, -0.15) is 0 Å². The van der Waals surface area contributed by atoms with Crippen LogP contribution in [-0.2, 0) is 0 Å². The number of benzene rings is 1. The largest absolute Gasteiger partial charge is 0.396 e. The first-order chi connectivity index (χ1) is 9.61. The van der Waals surface area contributed by atoms with Crippen LogP contribution in [0.3, 0.4) is 0 Å². The smallest absolute Gasteiger partial charge is 0.0798 e. The van der Waals surface area contributed by atoms with Gasteiger partial charge in [-0.15, -0.1) is 22.7 Å². The Bertz CT molecular complexity index is 655. The van der Waals surface area contributed by atoms with Gasteiger partial charge >= 0.3 is 0 Å². The lowest BCUT2D eigenvalue weighted by molar-refractivity contribution is 1.42.